The van der Waals surface area contributed by atoms with Crippen molar-refractivity contribution >= 4 is 50.5 Å². The summed E-state index contributed by atoms with van der Waals surface area (Å²) in [5.41, 5.74) is 1.68. The largest absolute Gasteiger partial charge is 0.493 e. The summed E-state index contributed by atoms with van der Waals surface area (Å²) >= 11 is 6.84. The third-order valence-electron chi connectivity index (χ3n) is 5.23. The lowest BCUT2D eigenvalue weighted by Gasteiger charge is -2.12. The van der Waals surface area contributed by atoms with Gasteiger partial charge in [-0.15, -0.1) is 11.0 Å². The minimum Gasteiger partial charge on any atom is -0.493 e. The molecule has 1 aliphatic rings. The topological polar surface area (TPSA) is 85.3 Å². The number of hydrogen-bond acceptors (Lipinski definition) is 6. The van der Waals surface area contributed by atoms with Crippen molar-refractivity contribution in [2.75, 3.05) is 13.7 Å². The van der Waals surface area contributed by atoms with Gasteiger partial charge in [-0.05, 0) is 65.4 Å². The summed E-state index contributed by atoms with van der Waals surface area (Å²) in [4.78, 5) is 14.7. The molecule has 7 nitrogen and oxygen atoms in total. The van der Waals surface area contributed by atoms with Crippen LogP contribution in [0.15, 0.2) is 99.6 Å². The van der Waals surface area contributed by atoms with E-state index in [0.29, 0.717) is 33.6 Å². The van der Waals surface area contributed by atoms with E-state index in [1.165, 1.54) is 35.2 Å². The van der Waals surface area contributed by atoms with Gasteiger partial charge in [0.2, 0.25) is 0 Å². The van der Waals surface area contributed by atoms with Crippen molar-refractivity contribution in [3.8, 4) is 11.5 Å². The zero-order valence-electron chi connectivity index (χ0n) is 19.8. The number of benzene rings is 3. The summed E-state index contributed by atoms with van der Waals surface area (Å²) in [6, 6.07) is 20.7. The van der Waals surface area contributed by atoms with Crippen LogP contribution >= 0.6 is 23.4 Å². The van der Waals surface area contributed by atoms with Gasteiger partial charge in [-0.1, -0.05) is 54.1 Å². The molecule has 10 heteroatoms. The fourth-order valence-electron chi connectivity index (χ4n) is 3.41. The highest BCUT2D eigenvalue weighted by atomic mass is 35.5. The third-order valence-corrected chi connectivity index (χ3v) is 7.89. The third kappa shape index (κ3) is 6.43. The van der Waals surface area contributed by atoms with Gasteiger partial charge in [-0.2, -0.15) is 8.42 Å². The van der Waals surface area contributed by atoms with Crippen LogP contribution in [-0.2, 0) is 21.4 Å². The van der Waals surface area contributed by atoms with Crippen LogP contribution in [0.3, 0.4) is 0 Å². The number of thioether (sulfide) groups is 1. The van der Waals surface area contributed by atoms with Gasteiger partial charge in [0.1, 0.15) is 6.61 Å². The number of nitrogens with zero attached hydrogens (tertiary/aromatic N) is 2. The van der Waals surface area contributed by atoms with E-state index in [1.807, 2.05) is 30.3 Å². The second-order valence-corrected chi connectivity index (χ2v) is 10.9. The van der Waals surface area contributed by atoms with Gasteiger partial charge in [0.15, 0.2) is 16.7 Å². The molecule has 1 saturated heterocycles. The number of methoxy groups -OCH3 is 1. The Kier molecular flexibility index (Phi) is 8.38. The molecule has 1 fully saturated rings. The maximum Gasteiger partial charge on any atom is 0.284 e. The monoisotopic (exact) mass is 554 g/mol. The number of hydrogen-bond donors (Lipinski definition) is 0. The van der Waals surface area contributed by atoms with E-state index in [1.54, 1.807) is 31.4 Å². The SMILES string of the molecule is C=CCN1C(=O)/C(=C/c2ccc(OC)c(OCc3ccccc3)c2)S/C1=N/S(=O)(=O)c1ccc(Cl)cc1. The molecular formula is C27H23ClN2O5S2. The van der Waals surface area contributed by atoms with Crippen molar-refractivity contribution in [1.29, 1.82) is 0 Å². The maximum atomic E-state index is 13.1. The molecule has 190 valence electrons. The van der Waals surface area contributed by atoms with E-state index < -0.39 is 10.0 Å². The van der Waals surface area contributed by atoms with Crippen LogP contribution in [0.1, 0.15) is 11.1 Å². The summed E-state index contributed by atoms with van der Waals surface area (Å²) in [5, 5.41) is 0.447. The molecule has 1 heterocycles. The molecule has 37 heavy (non-hydrogen) atoms. The minimum atomic E-state index is -4.06. The average molecular weight is 555 g/mol. The molecule has 0 unspecified atom stereocenters. The summed E-state index contributed by atoms with van der Waals surface area (Å²) in [7, 11) is -2.51. The zero-order chi connectivity index (χ0) is 26.4. The highest BCUT2D eigenvalue weighted by Gasteiger charge is 2.34. The standard InChI is InChI=1S/C27H23ClN2O5S2/c1-3-15-30-26(31)25(36-27(30)29-37(32,33)22-12-10-21(28)11-13-22)17-20-9-14-23(34-2)24(16-20)35-18-19-7-5-4-6-8-19/h3-14,16-17H,1,15,18H2,2H3/b25-17-,29-27+. The van der Waals surface area contributed by atoms with Gasteiger partial charge in [-0.25, -0.2) is 0 Å². The lowest BCUT2D eigenvalue weighted by Crippen LogP contribution is -2.29. The lowest BCUT2D eigenvalue weighted by atomic mass is 10.1. The second-order valence-electron chi connectivity index (χ2n) is 7.80. The highest BCUT2D eigenvalue weighted by Crippen LogP contribution is 2.36. The predicted octanol–water partition coefficient (Wildman–Crippen LogP) is 5.77. The van der Waals surface area contributed by atoms with Crippen molar-refractivity contribution in [2.45, 2.75) is 11.5 Å². The number of amidine groups is 1. The number of rotatable bonds is 9. The van der Waals surface area contributed by atoms with Crippen LogP contribution in [0, 0.1) is 0 Å². The van der Waals surface area contributed by atoms with Crippen molar-refractivity contribution in [3.63, 3.8) is 0 Å². The van der Waals surface area contributed by atoms with Crippen molar-refractivity contribution in [1.82, 2.24) is 4.90 Å². The van der Waals surface area contributed by atoms with Crippen molar-refractivity contribution in [2.24, 2.45) is 4.40 Å². The normalized spacial score (nSPS) is 15.8. The van der Waals surface area contributed by atoms with Gasteiger partial charge in [0.25, 0.3) is 15.9 Å². The molecule has 0 bridgehead atoms. The second kappa shape index (κ2) is 11.7. The highest BCUT2D eigenvalue weighted by molar-refractivity contribution is 8.19. The van der Waals surface area contributed by atoms with Crippen LogP contribution in [0.25, 0.3) is 6.08 Å². The maximum absolute atomic E-state index is 13.1. The molecule has 0 N–H and O–H groups in total. The molecule has 0 spiro atoms. The Balaban J connectivity index is 1.63. The summed E-state index contributed by atoms with van der Waals surface area (Å²) in [6.07, 6.45) is 3.17. The molecule has 4 rings (SSSR count). The van der Waals surface area contributed by atoms with Crippen LogP contribution in [0.4, 0.5) is 0 Å². The average Bonchev–Trinajstić information content (AvgIpc) is 3.17. The number of ether oxygens (including phenoxy) is 2. The Morgan fingerprint density at radius 2 is 1.78 bits per heavy atom. The van der Waals surface area contributed by atoms with E-state index in [9.17, 15) is 13.2 Å². The molecule has 0 aliphatic carbocycles. The van der Waals surface area contributed by atoms with Gasteiger partial charge >= 0.3 is 0 Å². The van der Waals surface area contributed by atoms with Crippen LogP contribution < -0.4 is 9.47 Å². The van der Waals surface area contributed by atoms with Gasteiger partial charge in [0, 0.05) is 11.6 Å². The van der Waals surface area contributed by atoms with E-state index in [2.05, 4.69) is 11.0 Å². The van der Waals surface area contributed by atoms with Gasteiger partial charge < -0.3 is 9.47 Å². The molecule has 1 amide bonds. The van der Waals surface area contributed by atoms with Crippen LogP contribution in [0.5, 0.6) is 11.5 Å². The molecule has 3 aromatic rings. The van der Waals surface area contributed by atoms with Crippen molar-refractivity contribution in [3.05, 3.63) is 107 Å². The van der Waals surface area contributed by atoms with E-state index in [0.717, 1.165) is 17.3 Å². The molecule has 0 atom stereocenters. The molecule has 0 aromatic heterocycles. The number of halogens is 1. The summed E-state index contributed by atoms with van der Waals surface area (Å²) < 4.78 is 41.1. The first-order valence-corrected chi connectivity index (χ1v) is 13.7. The van der Waals surface area contributed by atoms with Gasteiger partial charge in [0.05, 0.1) is 16.9 Å². The first-order valence-electron chi connectivity index (χ1n) is 11.1. The Morgan fingerprint density at radius 1 is 1.05 bits per heavy atom. The number of carbonyl (C=O) groups excluding carboxylic acids is 1. The molecule has 3 aromatic carbocycles. The molecular weight excluding hydrogens is 532 g/mol. The van der Waals surface area contributed by atoms with E-state index in [-0.39, 0.29) is 22.5 Å². The molecule has 1 aliphatic heterocycles. The van der Waals surface area contributed by atoms with Gasteiger partial charge in [-0.3, -0.25) is 9.69 Å². The van der Waals surface area contributed by atoms with Crippen molar-refractivity contribution < 1.29 is 22.7 Å². The lowest BCUT2D eigenvalue weighted by molar-refractivity contribution is -0.121. The van der Waals surface area contributed by atoms with E-state index >= 15 is 0 Å². The smallest absolute Gasteiger partial charge is 0.284 e. The summed E-state index contributed by atoms with van der Waals surface area (Å²) in [5.74, 6) is 0.684. The Bertz CT molecular complexity index is 1470. The Hall–Kier alpha value is -3.53. The summed E-state index contributed by atoms with van der Waals surface area (Å²) in [6.45, 7) is 4.12. The number of amides is 1. The van der Waals surface area contributed by atoms with Crippen LogP contribution in [-0.4, -0.2) is 38.0 Å². The Labute approximate surface area is 225 Å². The molecule has 0 radical (unpaired) electrons. The molecule has 0 saturated carbocycles. The number of sulfonamides is 1. The Morgan fingerprint density at radius 3 is 2.46 bits per heavy atom. The zero-order valence-corrected chi connectivity index (χ0v) is 22.2. The fraction of sp³-hybridized carbons (Fsp3) is 0.111. The first-order chi connectivity index (χ1) is 17.8. The number of carbonyl (C=O) groups is 1. The fourth-order valence-corrected chi connectivity index (χ4v) is 5.73. The minimum absolute atomic E-state index is 0.0243. The quantitative estimate of drug-likeness (QED) is 0.246. The van der Waals surface area contributed by atoms with E-state index in [4.69, 9.17) is 21.1 Å². The first kappa shape index (κ1) is 26.5. The predicted molar refractivity (Wildman–Crippen MR) is 147 cm³/mol. The van der Waals surface area contributed by atoms with Crippen LogP contribution in [0.2, 0.25) is 5.02 Å².